The minimum Gasteiger partial charge on any atom is -0.337 e. The van der Waals surface area contributed by atoms with Gasteiger partial charge in [0.2, 0.25) is 0 Å². The predicted molar refractivity (Wildman–Crippen MR) is 238 cm³/mol. The maximum Gasteiger partial charge on any atom is 0.0557 e. The average Bonchev–Trinajstić information content (AvgIpc) is 3.62. The van der Waals surface area contributed by atoms with Gasteiger partial charge in [-0.2, -0.15) is 0 Å². The van der Waals surface area contributed by atoms with Gasteiger partial charge < -0.3 is 9.47 Å². The SMILES string of the molecule is C1=CCC(n2c3c(c4cc(-c5ccc(-c6ccc(N(c7ccc(-c8ccccc8)cc7)c7ccc(-c8ccccc8)cc7)cc6)cc5)ccc42)C=CCC3)C=C1. The lowest BCUT2D eigenvalue weighted by Crippen LogP contribution is -2.11. The first kappa shape index (κ1) is 33.7. The van der Waals surface area contributed by atoms with E-state index < -0.39 is 0 Å². The van der Waals surface area contributed by atoms with Crippen LogP contribution < -0.4 is 4.90 Å². The molecule has 268 valence electrons. The van der Waals surface area contributed by atoms with Crippen molar-refractivity contribution in [2.45, 2.75) is 25.3 Å². The Morgan fingerprint density at radius 3 is 1.41 bits per heavy atom. The Morgan fingerprint density at radius 1 is 0.446 bits per heavy atom. The zero-order chi connectivity index (χ0) is 37.3. The van der Waals surface area contributed by atoms with Crippen LogP contribution in [0.1, 0.15) is 30.1 Å². The van der Waals surface area contributed by atoms with Crippen LogP contribution in [0.2, 0.25) is 0 Å². The van der Waals surface area contributed by atoms with Crippen LogP contribution in [-0.4, -0.2) is 4.57 Å². The second kappa shape index (κ2) is 14.7. The van der Waals surface area contributed by atoms with Crippen molar-refractivity contribution < 1.29 is 0 Å². The third-order valence-corrected chi connectivity index (χ3v) is 11.4. The summed E-state index contributed by atoms with van der Waals surface area (Å²) in [7, 11) is 0. The quantitative estimate of drug-likeness (QED) is 0.152. The first-order valence-electron chi connectivity index (χ1n) is 19.8. The normalized spacial score (nSPS) is 14.5. The number of aromatic nitrogens is 1. The zero-order valence-corrected chi connectivity index (χ0v) is 31.3. The van der Waals surface area contributed by atoms with Crippen LogP contribution in [0.15, 0.2) is 206 Å². The molecule has 0 spiro atoms. The summed E-state index contributed by atoms with van der Waals surface area (Å²) in [6, 6.07) is 64.4. The van der Waals surface area contributed by atoms with Crippen molar-refractivity contribution >= 4 is 34.0 Å². The highest BCUT2D eigenvalue weighted by molar-refractivity contribution is 5.95. The molecule has 2 heteroatoms. The van der Waals surface area contributed by atoms with Gasteiger partial charge in [-0.3, -0.25) is 0 Å². The van der Waals surface area contributed by atoms with E-state index in [9.17, 15) is 0 Å². The highest BCUT2D eigenvalue weighted by Gasteiger charge is 2.22. The standard InChI is InChI=1S/C54H42N2/c1-4-12-39(13-5-1)42-24-31-48(32-25-42)55(49-33-26-43(27-34-49)40-14-6-2-7-15-40)50-35-28-44(29-36-50)41-20-22-45(23-21-41)46-30-37-54-52(38-46)51-18-10-11-19-53(51)56(54)47-16-8-3-9-17-47/h1-10,12-16,18,20-38,47H,11,17,19H2. The molecule has 0 saturated carbocycles. The number of benzene rings is 7. The van der Waals surface area contributed by atoms with Gasteiger partial charge in [0, 0.05) is 39.2 Å². The monoisotopic (exact) mass is 718 g/mol. The van der Waals surface area contributed by atoms with Gasteiger partial charge in [-0.05, 0) is 112 Å². The van der Waals surface area contributed by atoms with Crippen LogP contribution in [0, 0.1) is 0 Å². The summed E-state index contributed by atoms with van der Waals surface area (Å²) in [6.07, 6.45) is 16.9. The molecule has 1 unspecified atom stereocenters. The number of hydrogen-bond donors (Lipinski definition) is 0. The number of anilines is 3. The molecule has 0 aliphatic heterocycles. The van der Waals surface area contributed by atoms with E-state index in [4.69, 9.17) is 0 Å². The second-order valence-electron chi connectivity index (χ2n) is 14.8. The molecule has 56 heavy (non-hydrogen) atoms. The average molecular weight is 719 g/mol. The van der Waals surface area contributed by atoms with Gasteiger partial charge in [0.25, 0.3) is 0 Å². The fourth-order valence-corrected chi connectivity index (χ4v) is 8.54. The van der Waals surface area contributed by atoms with Crippen molar-refractivity contribution in [2.24, 2.45) is 0 Å². The van der Waals surface area contributed by atoms with Crippen molar-refractivity contribution in [3.8, 4) is 44.5 Å². The molecule has 1 aromatic heterocycles. The Balaban J connectivity index is 0.947. The Hall–Kier alpha value is -6.90. The van der Waals surface area contributed by atoms with Crippen molar-refractivity contribution in [3.05, 3.63) is 218 Å². The predicted octanol–water partition coefficient (Wildman–Crippen LogP) is 14.8. The van der Waals surface area contributed by atoms with Gasteiger partial charge in [0.1, 0.15) is 0 Å². The summed E-state index contributed by atoms with van der Waals surface area (Å²) >= 11 is 0. The van der Waals surface area contributed by atoms with Crippen LogP contribution in [0.3, 0.4) is 0 Å². The molecule has 0 N–H and O–H groups in total. The fraction of sp³-hybridized carbons (Fsp3) is 0.0741. The van der Waals surface area contributed by atoms with Crippen molar-refractivity contribution in [1.29, 1.82) is 0 Å². The molecule has 0 bridgehead atoms. The molecular formula is C54H42N2. The molecule has 2 nitrogen and oxygen atoms in total. The largest absolute Gasteiger partial charge is 0.337 e. The molecule has 0 amide bonds. The molecular weight excluding hydrogens is 677 g/mol. The first-order chi connectivity index (χ1) is 27.8. The van der Waals surface area contributed by atoms with Crippen LogP contribution in [0.5, 0.6) is 0 Å². The number of allylic oxidation sites excluding steroid dienone is 5. The number of nitrogens with zero attached hydrogens (tertiary/aromatic N) is 2. The van der Waals surface area contributed by atoms with Crippen LogP contribution in [0.4, 0.5) is 17.1 Å². The molecule has 2 aliphatic rings. The fourth-order valence-electron chi connectivity index (χ4n) is 8.54. The molecule has 10 rings (SSSR count). The third-order valence-electron chi connectivity index (χ3n) is 11.4. The van der Waals surface area contributed by atoms with E-state index in [1.807, 2.05) is 0 Å². The van der Waals surface area contributed by atoms with Crippen LogP contribution in [-0.2, 0) is 6.42 Å². The Kier molecular flexibility index (Phi) is 8.85. The van der Waals surface area contributed by atoms with E-state index in [0.717, 1.165) is 36.3 Å². The summed E-state index contributed by atoms with van der Waals surface area (Å²) in [6.45, 7) is 0. The van der Waals surface area contributed by atoms with Gasteiger partial charge in [-0.1, -0.05) is 164 Å². The van der Waals surface area contributed by atoms with Crippen LogP contribution >= 0.6 is 0 Å². The zero-order valence-electron chi connectivity index (χ0n) is 31.3. The third kappa shape index (κ3) is 6.40. The number of fused-ring (bicyclic) bond motifs is 3. The number of rotatable bonds is 8. The summed E-state index contributed by atoms with van der Waals surface area (Å²) < 4.78 is 2.59. The molecule has 2 aliphatic carbocycles. The van der Waals surface area contributed by atoms with Crippen molar-refractivity contribution in [3.63, 3.8) is 0 Å². The van der Waals surface area contributed by atoms with E-state index in [1.54, 1.807) is 0 Å². The Morgan fingerprint density at radius 2 is 0.911 bits per heavy atom. The highest BCUT2D eigenvalue weighted by Crippen LogP contribution is 2.40. The topological polar surface area (TPSA) is 8.17 Å². The van der Waals surface area contributed by atoms with Gasteiger partial charge in [0.05, 0.1) is 6.04 Å². The lowest BCUT2D eigenvalue weighted by atomic mass is 9.97. The molecule has 1 atom stereocenters. The molecule has 0 radical (unpaired) electrons. The summed E-state index contributed by atoms with van der Waals surface area (Å²) in [5, 5.41) is 1.35. The van der Waals surface area contributed by atoms with Gasteiger partial charge in [-0.25, -0.2) is 0 Å². The van der Waals surface area contributed by atoms with Crippen LogP contribution in [0.25, 0.3) is 61.5 Å². The lowest BCUT2D eigenvalue weighted by Gasteiger charge is -2.26. The maximum atomic E-state index is 2.59. The number of hydrogen-bond acceptors (Lipinski definition) is 1. The molecule has 1 heterocycles. The van der Waals surface area contributed by atoms with Gasteiger partial charge in [0.15, 0.2) is 0 Å². The van der Waals surface area contributed by atoms with Crippen molar-refractivity contribution in [2.75, 3.05) is 4.90 Å². The maximum absolute atomic E-state index is 2.59. The van der Waals surface area contributed by atoms with E-state index in [1.165, 1.54) is 66.7 Å². The smallest absolute Gasteiger partial charge is 0.0557 e. The lowest BCUT2D eigenvalue weighted by molar-refractivity contribution is 0.599. The second-order valence-corrected chi connectivity index (χ2v) is 14.8. The van der Waals surface area contributed by atoms with E-state index >= 15 is 0 Å². The molecule has 7 aromatic carbocycles. The minimum atomic E-state index is 0.377. The first-order valence-corrected chi connectivity index (χ1v) is 19.8. The summed E-state index contributed by atoms with van der Waals surface area (Å²) in [5.74, 6) is 0. The van der Waals surface area contributed by atoms with Gasteiger partial charge in [-0.15, -0.1) is 0 Å². The Bertz CT molecular complexity index is 2630. The minimum absolute atomic E-state index is 0.377. The van der Waals surface area contributed by atoms with E-state index in [0.29, 0.717) is 6.04 Å². The Labute approximate surface area is 329 Å². The summed E-state index contributed by atoms with van der Waals surface area (Å²) in [5.41, 5.74) is 17.3. The highest BCUT2D eigenvalue weighted by atomic mass is 15.1. The van der Waals surface area contributed by atoms with E-state index in [2.05, 4.69) is 222 Å². The molecule has 0 fully saturated rings. The summed E-state index contributed by atoms with van der Waals surface area (Å²) in [4.78, 5) is 2.34. The van der Waals surface area contributed by atoms with E-state index in [-0.39, 0.29) is 0 Å². The van der Waals surface area contributed by atoms with Gasteiger partial charge >= 0.3 is 0 Å². The van der Waals surface area contributed by atoms with Crippen molar-refractivity contribution in [1.82, 2.24) is 4.57 Å². The molecule has 8 aromatic rings. The molecule has 0 saturated heterocycles.